The maximum atomic E-state index is 11.8. The SMILES string of the molecule is CCNC(CCN1CCCC(OC)C1)C(=O)OCC. The molecule has 19 heavy (non-hydrogen) atoms. The molecule has 0 amide bonds. The lowest BCUT2D eigenvalue weighted by molar-refractivity contribution is -0.146. The maximum Gasteiger partial charge on any atom is 0.323 e. The number of likely N-dealkylation sites (tertiary alicyclic amines) is 1. The lowest BCUT2D eigenvalue weighted by Crippen LogP contribution is -2.44. The average Bonchev–Trinajstić information content (AvgIpc) is 2.44. The molecular formula is C14H28N2O3. The van der Waals surface area contributed by atoms with Crippen molar-refractivity contribution in [2.45, 2.75) is 45.3 Å². The highest BCUT2D eigenvalue weighted by Crippen LogP contribution is 2.13. The van der Waals surface area contributed by atoms with Crippen molar-refractivity contribution in [2.75, 3.05) is 39.9 Å². The third kappa shape index (κ3) is 5.89. The first-order valence-corrected chi connectivity index (χ1v) is 7.36. The Morgan fingerprint density at radius 1 is 1.47 bits per heavy atom. The van der Waals surface area contributed by atoms with Crippen LogP contribution in [0.25, 0.3) is 0 Å². The first-order valence-electron chi connectivity index (χ1n) is 7.36. The lowest BCUT2D eigenvalue weighted by Gasteiger charge is -2.32. The number of esters is 1. The van der Waals surface area contributed by atoms with Crippen molar-refractivity contribution in [3.8, 4) is 0 Å². The molecule has 0 spiro atoms. The molecule has 2 atom stereocenters. The van der Waals surface area contributed by atoms with Crippen molar-refractivity contribution >= 4 is 5.97 Å². The molecule has 0 aromatic carbocycles. The first-order chi connectivity index (χ1) is 9.21. The summed E-state index contributed by atoms with van der Waals surface area (Å²) in [6, 6.07) is -0.187. The minimum Gasteiger partial charge on any atom is -0.465 e. The summed E-state index contributed by atoms with van der Waals surface area (Å²) < 4.78 is 10.5. The monoisotopic (exact) mass is 272 g/mol. The fraction of sp³-hybridized carbons (Fsp3) is 0.929. The fourth-order valence-corrected chi connectivity index (χ4v) is 2.51. The van der Waals surface area contributed by atoms with Gasteiger partial charge in [-0.3, -0.25) is 4.79 Å². The van der Waals surface area contributed by atoms with Gasteiger partial charge in [0.25, 0.3) is 0 Å². The number of ether oxygens (including phenoxy) is 2. The van der Waals surface area contributed by atoms with Gasteiger partial charge in [0, 0.05) is 20.2 Å². The zero-order valence-corrected chi connectivity index (χ0v) is 12.5. The predicted molar refractivity (Wildman–Crippen MR) is 75.2 cm³/mol. The summed E-state index contributed by atoms with van der Waals surface area (Å²) in [4.78, 5) is 14.2. The zero-order chi connectivity index (χ0) is 14.1. The van der Waals surface area contributed by atoms with E-state index in [0.717, 1.165) is 39.0 Å². The molecule has 5 heteroatoms. The van der Waals surface area contributed by atoms with Crippen LogP contribution in [0.1, 0.15) is 33.1 Å². The van der Waals surface area contributed by atoms with Gasteiger partial charge in [-0.2, -0.15) is 0 Å². The number of nitrogens with zero attached hydrogens (tertiary/aromatic N) is 1. The summed E-state index contributed by atoms with van der Waals surface area (Å²) in [5.41, 5.74) is 0. The summed E-state index contributed by atoms with van der Waals surface area (Å²) in [5.74, 6) is -0.135. The highest BCUT2D eigenvalue weighted by molar-refractivity contribution is 5.75. The average molecular weight is 272 g/mol. The summed E-state index contributed by atoms with van der Waals surface area (Å²) in [6.07, 6.45) is 3.45. The predicted octanol–water partition coefficient (Wildman–Crippen LogP) is 1.03. The van der Waals surface area contributed by atoms with Crippen LogP contribution < -0.4 is 5.32 Å². The van der Waals surface area contributed by atoms with Crippen LogP contribution >= 0.6 is 0 Å². The Balaban J connectivity index is 2.35. The van der Waals surface area contributed by atoms with Crippen LogP contribution in [0.2, 0.25) is 0 Å². The Morgan fingerprint density at radius 2 is 2.26 bits per heavy atom. The van der Waals surface area contributed by atoms with Crippen LogP contribution in [0.15, 0.2) is 0 Å². The normalized spacial score (nSPS) is 22.2. The molecule has 112 valence electrons. The molecule has 1 saturated heterocycles. The van der Waals surface area contributed by atoms with E-state index >= 15 is 0 Å². The molecule has 0 saturated carbocycles. The van der Waals surface area contributed by atoms with Gasteiger partial charge in [0.2, 0.25) is 0 Å². The highest BCUT2D eigenvalue weighted by atomic mass is 16.5. The lowest BCUT2D eigenvalue weighted by atomic mass is 10.1. The Morgan fingerprint density at radius 3 is 2.89 bits per heavy atom. The standard InChI is InChI=1S/C14H28N2O3/c1-4-15-13(14(17)19-5-2)8-10-16-9-6-7-12(11-16)18-3/h12-13,15H,4-11H2,1-3H3. The van der Waals surface area contributed by atoms with Gasteiger partial charge >= 0.3 is 5.97 Å². The molecule has 2 unspecified atom stereocenters. The van der Waals surface area contributed by atoms with Crippen molar-refractivity contribution < 1.29 is 14.3 Å². The highest BCUT2D eigenvalue weighted by Gasteiger charge is 2.23. The number of nitrogens with one attached hydrogen (secondary N) is 1. The molecule has 0 bridgehead atoms. The number of hydrogen-bond donors (Lipinski definition) is 1. The first kappa shape index (κ1) is 16.4. The van der Waals surface area contributed by atoms with E-state index in [0.29, 0.717) is 12.7 Å². The van der Waals surface area contributed by atoms with E-state index in [2.05, 4.69) is 10.2 Å². The molecular weight excluding hydrogens is 244 g/mol. The van der Waals surface area contributed by atoms with Gasteiger partial charge in [0.1, 0.15) is 6.04 Å². The molecule has 0 aromatic rings. The molecule has 1 aliphatic heterocycles. The molecule has 1 heterocycles. The summed E-state index contributed by atoms with van der Waals surface area (Å²) in [5, 5.41) is 3.20. The molecule has 1 rings (SSSR count). The van der Waals surface area contributed by atoms with Crippen LogP contribution in [0, 0.1) is 0 Å². The molecule has 1 fully saturated rings. The van der Waals surface area contributed by atoms with Gasteiger partial charge in [0.15, 0.2) is 0 Å². The number of methoxy groups -OCH3 is 1. The Hall–Kier alpha value is -0.650. The van der Waals surface area contributed by atoms with Crippen LogP contribution in [-0.4, -0.2) is 62.9 Å². The number of likely N-dealkylation sites (N-methyl/N-ethyl adjacent to an activating group) is 1. The van der Waals surface area contributed by atoms with Crippen LogP contribution in [-0.2, 0) is 14.3 Å². The number of carbonyl (C=O) groups is 1. The third-order valence-corrected chi connectivity index (χ3v) is 3.55. The zero-order valence-electron chi connectivity index (χ0n) is 12.5. The second kappa shape index (κ2) is 9.28. The second-order valence-electron chi connectivity index (χ2n) is 4.95. The minimum atomic E-state index is -0.187. The van der Waals surface area contributed by atoms with Gasteiger partial charge in [0.05, 0.1) is 12.7 Å². The van der Waals surface area contributed by atoms with E-state index in [-0.39, 0.29) is 12.0 Å². The van der Waals surface area contributed by atoms with Crippen molar-refractivity contribution in [3.63, 3.8) is 0 Å². The molecule has 1 N–H and O–H groups in total. The van der Waals surface area contributed by atoms with Crippen molar-refractivity contribution in [3.05, 3.63) is 0 Å². The van der Waals surface area contributed by atoms with Gasteiger partial charge in [-0.15, -0.1) is 0 Å². The smallest absolute Gasteiger partial charge is 0.323 e. The van der Waals surface area contributed by atoms with Crippen LogP contribution in [0.3, 0.4) is 0 Å². The van der Waals surface area contributed by atoms with Gasteiger partial charge in [-0.25, -0.2) is 0 Å². The number of piperidine rings is 1. The van der Waals surface area contributed by atoms with E-state index in [1.54, 1.807) is 7.11 Å². The fourth-order valence-electron chi connectivity index (χ4n) is 2.51. The van der Waals surface area contributed by atoms with E-state index in [1.165, 1.54) is 6.42 Å². The quantitative estimate of drug-likeness (QED) is 0.669. The Kier molecular flexibility index (Phi) is 8.02. The summed E-state index contributed by atoms with van der Waals surface area (Å²) in [6.45, 7) is 8.05. The number of carbonyl (C=O) groups excluding carboxylic acids is 1. The van der Waals surface area contributed by atoms with E-state index in [9.17, 15) is 4.79 Å². The third-order valence-electron chi connectivity index (χ3n) is 3.55. The molecule has 0 aromatic heterocycles. The molecule has 1 aliphatic rings. The van der Waals surface area contributed by atoms with Crippen molar-refractivity contribution in [1.29, 1.82) is 0 Å². The Labute approximate surface area is 116 Å². The number of hydrogen-bond acceptors (Lipinski definition) is 5. The molecule has 0 aliphatic carbocycles. The van der Waals surface area contributed by atoms with Crippen LogP contribution in [0.5, 0.6) is 0 Å². The van der Waals surface area contributed by atoms with Gasteiger partial charge < -0.3 is 19.7 Å². The van der Waals surface area contributed by atoms with E-state index in [1.807, 2.05) is 13.8 Å². The molecule has 0 radical (unpaired) electrons. The van der Waals surface area contributed by atoms with Crippen molar-refractivity contribution in [2.24, 2.45) is 0 Å². The van der Waals surface area contributed by atoms with E-state index < -0.39 is 0 Å². The second-order valence-corrected chi connectivity index (χ2v) is 4.95. The van der Waals surface area contributed by atoms with Crippen molar-refractivity contribution in [1.82, 2.24) is 10.2 Å². The largest absolute Gasteiger partial charge is 0.465 e. The van der Waals surface area contributed by atoms with Gasteiger partial charge in [-0.05, 0) is 39.3 Å². The maximum absolute atomic E-state index is 11.8. The van der Waals surface area contributed by atoms with Crippen LogP contribution in [0.4, 0.5) is 0 Å². The summed E-state index contributed by atoms with van der Waals surface area (Å²) >= 11 is 0. The van der Waals surface area contributed by atoms with Gasteiger partial charge in [-0.1, -0.05) is 6.92 Å². The number of rotatable bonds is 8. The minimum absolute atomic E-state index is 0.135. The summed E-state index contributed by atoms with van der Waals surface area (Å²) in [7, 11) is 1.77. The topological polar surface area (TPSA) is 50.8 Å². The Bertz CT molecular complexity index is 261. The van der Waals surface area contributed by atoms with E-state index in [4.69, 9.17) is 9.47 Å². The molecule has 5 nitrogen and oxygen atoms in total.